The highest BCUT2D eigenvalue weighted by Crippen LogP contribution is 2.42. The summed E-state index contributed by atoms with van der Waals surface area (Å²) in [5.41, 5.74) is 2.56. The molecular formula is C29H33NO3S. The highest BCUT2D eigenvalue weighted by atomic mass is 32.1. The molecular weight excluding hydrogens is 442 g/mol. The highest BCUT2D eigenvalue weighted by molar-refractivity contribution is 7.80. The molecule has 2 aliphatic rings. The average molecular weight is 476 g/mol. The van der Waals surface area contributed by atoms with Crippen molar-refractivity contribution in [2.45, 2.75) is 43.5 Å². The molecule has 5 heteroatoms. The van der Waals surface area contributed by atoms with E-state index in [0.717, 1.165) is 35.5 Å². The lowest BCUT2D eigenvalue weighted by Gasteiger charge is -2.38. The van der Waals surface area contributed by atoms with E-state index in [1.165, 1.54) is 0 Å². The van der Waals surface area contributed by atoms with Gasteiger partial charge in [0.25, 0.3) is 0 Å². The van der Waals surface area contributed by atoms with Crippen LogP contribution in [-0.4, -0.2) is 54.4 Å². The summed E-state index contributed by atoms with van der Waals surface area (Å²) in [4.78, 5) is 2.41. The molecule has 0 unspecified atom stereocenters. The molecule has 0 aliphatic carbocycles. The number of fused-ring (bicyclic) bond motifs is 1. The van der Waals surface area contributed by atoms with Crippen LogP contribution in [0.15, 0.2) is 91.0 Å². The summed E-state index contributed by atoms with van der Waals surface area (Å²) in [7, 11) is 0. The topological polar surface area (TPSA) is 30.9 Å². The summed E-state index contributed by atoms with van der Waals surface area (Å²) < 4.78 is 19.7. The van der Waals surface area contributed by atoms with E-state index >= 15 is 0 Å². The predicted molar refractivity (Wildman–Crippen MR) is 138 cm³/mol. The van der Waals surface area contributed by atoms with Gasteiger partial charge >= 0.3 is 0 Å². The molecule has 2 heterocycles. The fourth-order valence-electron chi connectivity index (χ4n) is 5.47. The van der Waals surface area contributed by atoms with E-state index in [-0.39, 0.29) is 18.2 Å². The molecule has 0 radical (unpaired) electrons. The number of rotatable bonds is 8. The van der Waals surface area contributed by atoms with Crippen LogP contribution in [0.5, 0.6) is 0 Å². The summed E-state index contributed by atoms with van der Waals surface area (Å²) >= 11 is 4.51. The van der Waals surface area contributed by atoms with Gasteiger partial charge in [0.2, 0.25) is 0 Å². The fraction of sp³-hybridized carbons (Fsp3) is 0.379. The van der Waals surface area contributed by atoms with Gasteiger partial charge in [-0.3, -0.25) is 4.90 Å². The first-order chi connectivity index (χ1) is 16.5. The van der Waals surface area contributed by atoms with Crippen LogP contribution in [0.25, 0.3) is 0 Å². The van der Waals surface area contributed by atoms with E-state index in [1.807, 2.05) is 32.0 Å². The molecule has 2 fully saturated rings. The van der Waals surface area contributed by atoms with Crippen LogP contribution in [0.1, 0.15) is 30.5 Å². The standard InChI is InChI=1S/C29H33NO3S/c1-28(2)32-26-20-30(18-19-34)25(27(26)33-28)21-31-29(22-12-6-3-7-13-22,23-14-8-4-9-15-23)24-16-10-5-11-17-24/h3-17,25-27,34H,18-21H2,1-2H3/t25-,26-,27+/m0/s1. The Morgan fingerprint density at radius 3 is 1.82 bits per heavy atom. The molecule has 0 bridgehead atoms. The van der Waals surface area contributed by atoms with Crippen molar-refractivity contribution >= 4 is 12.6 Å². The van der Waals surface area contributed by atoms with Crippen LogP contribution in [-0.2, 0) is 19.8 Å². The third-order valence-corrected chi connectivity index (χ3v) is 7.08. The molecule has 0 amide bonds. The first kappa shape index (κ1) is 23.6. The Morgan fingerprint density at radius 1 is 0.853 bits per heavy atom. The van der Waals surface area contributed by atoms with E-state index in [4.69, 9.17) is 14.2 Å². The van der Waals surface area contributed by atoms with Crippen LogP contribution < -0.4 is 0 Å². The van der Waals surface area contributed by atoms with Crippen molar-refractivity contribution in [1.29, 1.82) is 0 Å². The molecule has 2 aliphatic heterocycles. The number of ether oxygens (including phenoxy) is 3. The molecule has 4 nitrogen and oxygen atoms in total. The second kappa shape index (κ2) is 9.84. The maximum atomic E-state index is 7.12. The molecule has 0 N–H and O–H groups in total. The molecule has 0 saturated carbocycles. The van der Waals surface area contributed by atoms with Crippen LogP contribution in [0.3, 0.4) is 0 Å². The predicted octanol–water partition coefficient (Wildman–Crippen LogP) is 5.13. The van der Waals surface area contributed by atoms with Crippen molar-refractivity contribution in [2.75, 3.05) is 25.4 Å². The van der Waals surface area contributed by atoms with Gasteiger partial charge in [-0.2, -0.15) is 12.6 Å². The summed E-state index contributed by atoms with van der Waals surface area (Å²) in [6, 6.07) is 31.6. The minimum atomic E-state index is -0.747. The smallest absolute Gasteiger partial charge is 0.163 e. The van der Waals surface area contributed by atoms with E-state index in [9.17, 15) is 0 Å². The van der Waals surface area contributed by atoms with Crippen molar-refractivity contribution in [2.24, 2.45) is 0 Å². The lowest BCUT2D eigenvalue weighted by Crippen LogP contribution is -2.45. The zero-order valence-electron chi connectivity index (χ0n) is 19.8. The fourth-order valence-corrected chi connectivity index (χ4v) is 5.73. The molecule has 3 aromatic rings. The Labute approximate surface area is 208 Å². The first-order valence-electron chi connectivity index (χ1n) is 12.0. The van der Waals surface area contributed by atoms with Gasteiger partial charge in [0.05, 0.1) is 12.6 Å². The SMILES string of the molecule is CC1(C)O[C@H]2[C@H](CN(CCS)[C@H]2COC(c2ccccc2)(c2ccccc2)c2ccccc2)O1. The van der Waals surface area contributed by atoms with Crippen molar-refractivity contribution < 1.29 is 14.2 Å². The van der Waals surface area contributed by atoms with E-state index in [1.54, 1.807) is 0 Å². The second-order valence-electron chi connectivity index (χ2n) is 9.51. The highest BCUT2D eigenvalue weighted by Gasteiger charge is 2.53. The Morgan fingerprint density at radius 2 is 1.35 bits per heavy atom. The van der Waals surface area contributed by atoms with E-state index in [0.29, 0.717) is 6.61 Å². The number of hydrogen-bond acceptors (Lipinski definition) is 5. The summed E-state index contributed by atoms with van der Waals surface area (Å²) in [6.07, 6.45) is 0.0120. The van der Waals surface area contributed by atoms with Crippen LogP contribution in [0, 0.1) is 0 Å². The number of hydrogen-bond donors (Lipinski definition) is 1. The molecule has 0 spiro atoms. The molecule has 178 valence electrons. The van der Waals surface area contributed by atoms with Gasteiger partial charge in [0.15, 0.2) is 5.79 Å². The monoisotopic (exact) mass is 475 g/mol. The summed E-state index contributed by atoms with van der Waals surface area (Å²) in [5.74, 6) is 0.205. The number of nitrogens with zero attached hydrogens (tertiary/aromatic N) is 1. The van der Waals surface area contributed by atoms with Crippen LogP contribution >= 0.6 is 12.6 Å². The van der Waals surface area contributed by atoms with Crippen molar-refractivity contribution in [3.63, 3.8) is 0 Å². The van der Waals surface area contributed by atoms with Crippen molar-refractivity contribution in [1.82, 2.24) is 4.90 Å². The maximum Gasteiger partial charge on any atom is 0.163 e. The minimum absolute atomic E-state index is 0.0325. The van der Waals surface area contributed by atoms with Gasteiger partial charge in [-0.05, 0) is 30.5 Å². The third-order valence-electron chi connectivity index (χ3n) is 6.88. The molecule has 3 aromatic carbocycles. The van der Waals surface area contributed by atoms with Crippen molar-refractivity contribution in [3.05, 3.63) is 108 Å². The number of benzene rings is 3. The molecule has 3 atom stereocenters. The zero-order chi connectivity index (χ0) is 23.6. The summed E-state index contributed by atoms with van der Waals surface area (Å²) in [6.45, 7) is 6.19. The van der Waals surface area contributed by atoms with Gasteiger partial charge in [-0.25, -0.2) is 0 Å². The van der Waals surface area contributed by atoms with Gasteiger partial charge in [-0.1, -0.05) is 91.0 Å². The lowest BCUT2D eigenvalue weighted by molar-refractivity contribution is -0.166. The van der Waals surface area contributed by atoms with E-state index in [2.05, 4.69) is 90.3 Å². The maximum absolute atomic E-state index is 7.12. The Bertz CT molecular complexity index is 964. The summed E-state index contributed by atoms with van der Waals surface area (Å²) in [5, 5.41) is 0. The van der Waals surface area contributed by atoms with Crippen LogP contribution in [0.4, 0.5) is 0 Å². The van der Waals surface area contributed by atoms with E-state index < -0.39 is 11.4 Å². The molecule has 0 aromatic heterocycles. The number of likely N-dealkylation sites (tertiary alicyclic amines) is 1. The zero-order valence-corrected chi connectivity index (χ0v) is 20.7. The normalized spacial score (nSPS) is 24.3. The lowest BCUT2D eigenvalue weighted by atomic mass is 9.80. The largest absolute Gasteiger partial charge is 0.359 e. The average Bonchev–Trinajstić information content (AvgIpc) is 3.33. The minimum Gasteiger partial charge on any atom is -0.359 e. The second-order valence-corrected chi connectivity index (χ2v) is 9.96. The third kappa shape index (κ3) is 4.43. The Balaban J connectivity index is 1.56. The molecule has 34 heavy (non-hydrogen) atoms. The molecule has 2 saturated heterocycles. The first-order valence-corrected chi connectivity index (χ1v) is 12.7. The Hall–Kier alpha value is -2.15. The Kier molecular flexibility index (Phi) is 6.83. The van der Waals surface area contributed by atoms with Gasteiger partial charge in [-0.15, -0.1) is 0 Å². The molecule has 5 rings (SSSR count). The quantitative estimate of drug-likeness (QED) is 0.362. The van der Waals surface area contributed by atoms with Gasteiger partial charge in [0, 0.05) is 18.8 Å². The van der Waals surface area contributed by atoms with Gasteiger partial charge < -0.3 is 14.2 Å². The van der Waals surface area contributed by atoms with Gasteiger partial charge in [0.1, 0.15) is 17.8 Å². The van der Waals surface area contributed by atoms with Crippen LogP contribution in [0.2, 0.25) is 0 Å². The van der Waals surface area contributed by atoms with Crippen molar-refractivity contribution in [3.8, 4) is 0 Å². The number of thiol groups is 1.